The number of para-hydroxylation sites is 1. The van der Waals surface area contributed by atoms with Crippen LogP contribution in [0.5, 0.6) is 0 Å². The fraction of sp³-hybridized carbons (Fsp3) is 0.190. The van der Waals surface area contributed by atoms with Crippen molar-refractivity contribution in [3.05, 3.63) is 89.8 Å². The Balaban J connectivity index is 1.20. The number of nitrogens with zero attached hydrogens (tertiary/aromatic N) is 6. The summed E-state index contributed by atoms with van der Waals surface area (Å²) < 4.78 is 5.41. The molecule has 0 saturated carbocycles. The minimum Gasteiger partial charge on any atom is -0.339 e. The first-order valence-electron chi connectivity index (χ1n) is 9.40. The maximum atomic E-state index is 12.6. The predicted molar refractivity (Wildman–Crippen MR) is 104 cm³/mol. The molecule has 0 aliphatic carbocycles. The molecule has 1 amide bonds. The van der Waals surface area contributed by atoms with Crippen LogP contribution in [-0.2, 0) is 6.42 Å². The van der Waals surface area contributed by atoms with Gasteiger partial charge in [-0.15, -0.1) is 5.10 Å². The molecular formula is C21H18N6O2. The number of hydrogen-bond donors (Lipinski definition) is 0. The van der Waals surface area contributed by atoms with Crippen LogP contribution < -0.4 is 0 Å². The molecule has 0 unspecified atom stereocenters. The Morgan fingerprint density at radius 3 is 2.52 bits per heavy atom. The summed E-state index contributed by atoms with van der Waals surface area (Å²) in [5, 5.41) is 12.5. The fourth-order valence-corrected chi connectivity index (χ4v) is 3.29. The van der Waals surface area contributed by atoms with Gasteiger partial charge < -0.3 is 9.42 Å². The Kier molecular flexibility index (Phi) is 4.36. The SMILES string of the molecule is O=C(c1cnn(-c2ccccc2)n1)N1CC(c2nc(Cc3ccccc3)no2)C1. The van der Waals surface area contributed by atoms with Gasteiger partial charge >= 0.3 is 0 Å². The van der Waals surface area contributed by atoms with Gasteiger partial charge in [0.2, 0.25) is 5.89 Å². The minimum absolute atomic E-state index is 0.0557. The number of aromatic nitrogens is 5. The molecule has 144 valence electrons. The molecule has 0 N–H and O–H groups in total. The molecule has 0 spiro atoms. The van der Waals surface area contributed by atoms with Gasteiger partial charge in [0, 0.05) is 19.5 Å². The van der Waals surface area contributed by atoms with E-state index < -0.39 is 0 Å². The topological polar surface area (TPSA) is 89.9 Å². The van der Waals surface area contributed by atoms with Crippen molar-refractivity contribution in [1.29, 1.82) is 0 Å². The van der Waals surface area contributed by atoms with Gasteiger partial charge in [-0.25, -0.2) is 0 Å². The number of benzene rings is 2. The first-order chi connectivity index (χ1) is 14.3. The van der Waals surface area contributed by atoms with Gasteiger partial charge in [-0.3, -0.25) is 4.79 Å². The van der Waals surface area contributed by atoms with E-state index in [-0.39, 0.29) is 11.8 Å². The quantitative estimate of drug-likeness (QED) is 0.523. The van der Waals surface area contributed by atoms with Crippen molar-refractivity contribution in [2.45, 2.75) is 12.3 Å². The van der Waals surface area contributed by atoms with Gasteiger partial charge in [-0.1, -0.05) is 53.7 Å². The van der Waals surface area contributed by atoms with E-state index in [2.05, 4.69) is 20.3 Å². The summed E-state index contributed by atoms with van der Waals surface area (Å²) in [5.74, 6) is 1.14. The van der Waals surface area contributed by atoms with Crippen LogP contribution in [0.15, 0.2) is 71.4 Å². The van der Waals surface area contributed by atoms with E-state index in [0.29, 0.717) is 36.9 Å². The summed E-state index contributed by atoms with van der Waals surface area (Å²) in [6.45, 7) is 1.06. The summed E-state index contributed by atoms with van der Waals surface area (Å²) >= 11 is 0. The van der Waals surface area contributed by atoms with E-state index in [4.69, 9.17) is 4.52 Å². The van der Waals surface area contributed by atoms with Crippen LogP contribution in [0.1, 0.15) is 33.7 Å². The second kappa shape index (κ2) is 7.31. The standard InChI is InChI=1S/C21H18N6O2/c28-21(18-12-22-27(24-18)17-9-5-2-6-10-17)26-13-16(14-26)20-23-19(25-29-20)11-15-7-3-1-4-8-15/h1-10,12,16H,11,13-14H2. The van der Waals surface area contributed by atoms with Crippen LogP contribution in [0.4, 0.5) is 0 Å². The summed E-state index contributed by atoms with van der Waals surface area (Å²) in [6, 6.07) is 19.5. The van der Waals surface area contributed by atoms with Gasteiger partial charge in [0.15, 0.2) is 11.5 Å². The van der Waals surface area contributed by atoms with E-state index in [1.54, 1.807) is 4.90 Å². The Morgan fingerprint density at radius 1 is 1.03 bits per heavy atom. The molecule has 0 radical (unpaired) electrons. The molecule has 0 atom stereocenters. The smallest absolute Gasteiger partial charge is 0.276 e. The zero-order valence-corrected chi connectivity index (χ0v) is 15.5. The third-order valence-corrected chi connectivity index (χ3v) is 4.90. The molecule has 8 nitrogen and oxygen atoms in total. The third-order valence-electron chi connectivity index (χ3n) is 4.90. The van der Waals surface area contributed by atoms with E-state index >= 15 is 0 Å². The van der Waals surface area contributed by atoms with Crippen molar-refractivity contribution in [3.63, 3.8) is 0 Å². The van der Waals surface area contributed by atoms with Gasteiger partial charge in [-0.2, -0.15) is 14.9 Å². The number of carbonyl (C=O) groups excluding carboxylic acids is 1. The molecule has 4 aromatic rings. The lowest BCUT2D eigenvalue weighted by Gasteiger charge is -2.36. The Hall–Kier alpha value is -3.81. The number of carbonyl (C=O) groups is 1. The van der Waals surface area contributed by atoms with E-state index in [1.807, 2.05) is 60.7 Å². The van der Waals surface area contributed by atoms with Gasteiger partial charge in [-0.05, 0) is 17.7 Å². The molecule has 2 aromatic heterocycles. The first kappa shape index (κ1) is 17.3. The lowest BCUT2D eigenvalue weighted by Crippen LogP contribution is -2.48. The number of amides is 1. The second-order valence-electron chi connectivity index (χ2n) is 6.97. The Bertz CT molecular complexity index is 1120. The number of rotatable bonds is 5. The van der Waals surface area contributed by atoms with Crippen molar-refractivity contribution in [2.75, 3.05) is 13.1 Å². The van der Waals surface area contributed by atoms with Crippen molar-refractivity contribution in [1.82, 2.24) is 30.0 Å². The zero-order valence-electron chi connectivity index (χ0n) is 15.5. The lowest BCUT2D eigenvalue weighted by molar-refractivity contribution is 0.0562. The third kappa shape index (κ3) is 3.52. The molecular weight excluding hydrogens is 368 g/mol. The molecule has 1 aliphatic heterocycles. The lowest BCUT2D eigenvalue weighted by atomic mass is 10.00. The minimum atomic E-state index is -0.146. The number of hydrogen-bond acceptors (Lipinski definition) is 6. The van der Waals surface area contributed by atoms with Crippen molar-refractivity contribution in [2.24, 2.45) is 0 Å². The van der Waals surface area contributed by atoms with E-state index in [1.165, 1.54) is 11.0 Å². The molecule has 2 aromatic carbocycles. The highest BCUT2D eigenvalue weighted by molar-refractivity contribution is 5.92. The highest BCUT2D eigenvalue weighted by atomic mass is 16.5. The van der Waals surface area contributed by atoms with Crippen LogP contribution in [0.3, 0.4) is 0 Å². The monoisotopic (exact) mass is 386 g/mol. The van der Waals surface area contributed by atoms with Gasteiger partial charge in [0.05, 0.1) is 17.8 Å². The summed E-state index contributed by atoms with van der Waals surface area (Å²) in [5.41, 5.74) is 2.26. The summed E-state index contributed by atoms with van der Waals surface area (Å²) in [4.78, 5) is 20.3. The molecule has 5 rings (SSSR count). The second-order valence-corrected chi connectivity index (χ2v) is 6.97. The van der Waals surface area contributed by atoms with Crippen molar-refractivity contribution < 1.29 is 9.32 Å². The van der Waals surface area contributed by atoms with E-state index in [9.17, 15) is 4.79 Å². The molecule has 3 heterocycles. The Morgan fingerprint density at radius 2 is 1.76 bits per heavy atom. The van der Waals surface area contributed by atoms with Crippen LogP contribution in [0.2, 0.25) is 0 Å². The largest absolute Gasteiger partial charge is 0.339 e. The van der Waals surface area contributed by atoms with Gasteiger partial charge in [0.1, 0.15) is 0 Å². The van der Waals surface area contributed by atoms with Gasteiger partial charge in [0.25, 0.3) is 5.91 Å². The maximum absolute atomic E-state index is 12.6. The fourth-order valence-electron chi connectivity index (χ4n) is 3.29. The average molecular weight is 386 g/mol. The highest BCUT2D eigenvalue weighted by Crippen LogP contribution is 2.27. The highest BCUT2D eigenvalue weighted by Gasteiger charge is 2.37. The molecule has 29 heavy (non-hydrogen) atoms. The zero-order chi connectivity index (χ0) is 19.6. The molecule has 8 heteroatoms. The van der Waals surface area contributed by atoms with Crippen LogP contribution in [0.25, 0.3) is 5.69 Å². The normalized spacial score (nSPS) is 14.0. The molecule has 0 bridgehead atoms. The van der Waals surface area contributed by atoms with Crippen molar-refractivity contribution in [3.8, 4) is 5.69 Å². The molecule has 1 fully saturated rings. The van der Waals surface area contributed by atoms with Crippen molar-refractivity contribution >= 4 is 5.91 Å². The predicted octanol–water partition coefficient (Wildman–Crippen LogP) is 2.48. The summed E-state index contributed by atoms with van der Waals surface area (Å²) in [7, 11) is 0. The maximum Gasteiger partial charge on any atom is 0.276 e. The molecule has 1 saturated heterocycles. The summed E-state index contributed by atoms with van der Waals surface area (Å²) in [6.07, 6.45) is 2.12. The molecule has 1 aliphatic rings. The number of likely N-dealkylation sites (tertiary alicyclic amines) is 1. The van der Waals surface area contributed by atoms with Crippen LogP contribution >= 0.6 is 0 Å². The first-order valence-corrected chi connectivity index (χ1v) is 9.40. The Labute approximate surface area is 166 Å². The average Bonchev–Trinajstić information content (AvgIpc) is 3.38. The van der Waals surface area contributed by atoms with E-state index in [0.717, 1.165) is 11.3 Å². The van der Waals surface area contributed by atoms with Crippen LogP contribution in [0, 0.1) is 0 Å². The van der Waals surface area contributed by atoms with Crippen LogP contribution in [-0.4, -0.2) is 49.0 Å².